The number of ether oxygens (including phenoxy) is 1. The van der Waals surface area contributed by atoms with Gasteiger partial charge >= 0.3 is 0 Å². The molecule has 0 saturated carbocycles. The minimum Gasteiger partial charge on any atom is -0.384 e. The van der Waals surface area contributed by atoms with Gasteiger partial charge < -0.3 is 4.74 Å². The molecule has 14 heavy (non-hydrogen) atoms. The number of aromatic nitrogens is 2. The van der Waals surface area contributed by atoms with E-state index in [0.29, 0.717) is 19.4 Å². The molecule has 0 unspecified atom stereocenters. The van der Waals surface area contributed by atoms with Gasteiger partial charge in [0.25, 0.3) is 0 Å². The highest BCUT2D eigenvalue weighted by atomic mass is 16.5. The number of nitrogens with zero attached hydrogens (tertiary/aromatic N) is 2. The number of hydrogen-bond donors (Lipinski definition) is 0. The minimum absolute atomic E-state index is 0.244. The van der Waals surface area contributed by atoms with Gasteiger partial charge in [-0.15, -0.1) is 0 Å². The Morgan fingerprint density at radius 3 is 2.93 bits per heavy atom. The van der Waals surface area contributed by atoms with E-state index in [9.17, 15) is 4.79 Å². The molecule has 0 aliphatic carbocycles. The van der Waals surface area contributed by atoms with Crippen LogP contribution in [0.25, 0.3) is 0 Å². The van der Waals surface area contributed by atoms with E-state index >= 15 is 0 Å². The molecule has 4 heteroatoms. The molecule has 1 heterocycles. The number of carbonyl (C=O) groups is 1. The highest BCUT2D eigenvalue weighted by Crippen LogP contribution is 2.02. The van der Waals surface area contributed by atoms with E-state index in [1.165, 1.54) is 0 Å². The zero-order chi connectivity index (χ0) is 10.4. The van der Waals surface area contributed by atoms with E-state index in [2.05, 4.69) is 5.10 Å². The van der Waals surface area contributed by atoms with Crippen molar-refractivity contribution < 1.29 is 9.53 Å². The lowest BCUT2D eigenvalue weighted by molar-refractivity contribution is -0.119. The van der Waals surface area contributed by atoms with Crippen molar-refractivity contribution in [3.63, 3.8) is 0 Å². The topological polar surface area (TPSA) is 44.1 Å². The van der Waals surface area contributed by atoms with Crippen LogP contribution in [0.2, 0.25) is 0 Å². The molecule has 0 aliphatic heterocycles. The first-order valence-electron chi connectivity index (χ1n) is 4.71. The lowest BCUT2D eigenvalue weighted by atomic mass is 10.1. The Balaban J connectivity index is 2.27. The average molecular weight is 196 g/mol. The van der Waals surface area contributed by atoms with Crippen molar-refractivity contribution in [3.05, 3.63) is 18.0 Å². The van der Waals surface area contributed by atoms with Crippen LogP contribution in [0.15, 0.2) is 12.3 Å². The number of Topliss-reactive ketones (excluding diaryl/α,β-unsaturated/α-hetero) is 1. The first kappa shape index (κ1) is 10.9. The molecular weight excluding hydrogens is 180 g/mol. The maximum atomic E-state index is 11.3. The van der Waals surface area contributed by atoms with E-state index in [-0.39, 0.29) is 5.78 Å². The normalized spacial score (nSPS) is 10.4. The summed E-state index contributed by atoms with van der Waals surface area (Å²) in [5.41, 5.74) is 1.09. The highest BCUT2D eigenvalue weighted by molar-refractivity contribution is 5.78. The van der Waals surface area contributed by atoms with Gasteiger partial charge in [0.15, 0.2) is 0 Å². The predicted molar refractivity (Wildman–Crippen MR) is 53.0 cm³/mol. The second-order valence-corrected chi connectivity index (χ2v) is 3.23. The Kier molecular flexibility index (Phi) is 4.32. The largest absolute Gasteiger partial charge is 0.384 e. The standard InChI is InChI=1S/C10H16N2O2/c1-12-9(5-7-11-12)3-4-10(13)6-8-14-2/h5,7H,3-4,6,8H2,1-2H3. The van der Waals surface area contributed by atoms with Gasteiger partial charge in [-0.25, -0.2) is 0 Å². The van der Waals surface area contributed by atoms with Crippen LogP contribution in [0.5, 0.6) is 0 Å². The van der Waals surface area contributed by atoms with Crippen LogP contribution in [-0.2, 0) is 23.0 Å². The fourth-order valence-electron chi connectivity index (χ4n) is 1.25. The molecule has 78 valence electrons. The summed E-state index contributed by atoms with van der Waals surface area (Å²) in [5.74, 6) is 0.244. The summed E-state index contributed by atoms with van der Waals surface area (Å²) in [4.78, 5) is 11.3. The number of methoxy groups -OCH3 is 1. The quantitative estimate of drug-likeness (QED) is 0.680. The van der Waals surface area contributed by atoms with Crippen LogP contribution in [0, 0.1) is 0 Å². The van der Waals surface area contributed by atoms with Crippen molar-refractivity contribution in [2.45, 2.75) is 19.3 Å². The lowest BCUT2D eigenvalue weighted by Crippen LogP contribution is -2.06. The molecule has 0 aliphatic rings. The summed E-state index contributed by atoms with van der Waals surface area (Å²) >= 11 is 0. The van der Waals surface area contributed by atoms with Crippen LogP contribution >= 0.6 is 0 Å². The van der Waals surface area contributed by atoms with Gasteiger partial charge in [-0.1, -0.05) is 0 Å². The first-order chi connectivity index (χ1) is 6.74. The van der Waals surface area contributed by atoms with Crippen molar-refractivity contribution >= 4 is 5.78 Å². The maximum Gasteiger partial charge on any atom is 0.135 e. The maximum absolute atomic E-state index is 11.3. The fourth-order valence-corrected chi connectivity index (χ4v) is 1.25. The van der Waals surface area contributed by atoms with Gasteiger partial charge in [0.1, 0.15) is 5.78 Å². The Morgan fingerprint density at radius 2 is 2.36 bits per heavy atom. The average Bonchev–Trinajstić information content (AvgIpc) is 2.58. The van der Waals surface area contributed by atoms with Crippen molar-refractivity contribution in [1.29, 1.82) is 0 Å². The number of ketones is 1. The lowest BCUT2D eigenvalue weighted by Gasteiger charge is -2.01. The molecule has 1 aromatic rings. The SMILES string of the molecule is COCCC(=O)CCc1ccnn1C. The van der Waals surface area contributed by atoms with Crippen molar-refractivity contribution in [1.82, 2.24) is 9.78 Å². The van der Waals surface area contributed by atoms with Crippen LogP contribution in [0.1, 0.15) is 18.5 Å². The number of hydrogen-bond acceptors (Lipinski definition) is 3. The third-order valence-electron chi connectivity index (χ3n) is 2.17. The van der Waals surface area contributed by atoms with Crippen LogP contribution < -0.4 is 0 Å². The second kappa shape index (κ2) is 5.54. The van der Waals surface area contributed by atoms with E-state index < -0.39 is 0 Å². The molecule has 0 radical (unpaired) electrons. The van der Waals surface area contributed by atoms with Gasteiger partial charge in [-0.05, 0) is 12.5 Å². The molecule has 0 atom stereocenters. The zero-order valence-corrected chi connectivity index (χ0v) is 8.69. The monoisotopic (exact) mass is 196 g/mol. The number of rotatable bonds is 6. The molecule has 1 rings (SSSR count). The summed E-state index contributed by atoms with van der Waals surface area (Å²) in [7, 11) is 3.49. The summed E-state index contributed by atoms with van der Waals surface area (Å²) < 4.78 is 6.63. The Morgan fingerprint density at radius 1 is 1.57 bits per heavy atom. The van der Waals surface area contributed by atoms with Crippen molar-refractivity contribution in [3.8, 4) is 0 Å². The van der Waals surface area contributed by atoms with Gasteiger partial charge in [0.05, 0.1) is 6.61 Å². The Labute approximate surface area is 83.9 Å². The minimum atomic E-state index is 0.244. The third kappa shape index (κ3) is 3.30. The van der Waals surface area contributed by atoms with E-state index in [1.807, 2.05) is 13.1 Å². The van der Waals surface area contributed by atoms with Crippen LogP contribution in [0.4, 0.5) is 0 Å². The molecule has 1 aromatic heterocycles. The van der Waals surface area contributed by atoms with Crippen molar-refractivity contribution in [2.75, 3.05) is 13.7 Å². The van der Waals surface area contributed by atoms with Gasteiger partial charge in [0, 0.05) is 38.9 Å². The first-order valence-corrected chi connectivity index (χ1v) is 4.71. The number of carbonyl (C=O) groups excluding carboxylic acids is 1. The molecule has 0 aromatic carbocycles. The summed E-state index contributed by atoms with van der Waals surface area (Å²) in [6, 6.07) is 1.93. The fraction of sp³-hybridized carbons (Fsp3) is 0.600. The summed E-state index contributed by atoms with van der Waals surface area (Å²) in [5, 5.41) is 4.04. The molecular formula is C10H16N2O2. The Hall–Kier alpha value is -1.16. The van der Waals surface area contributed by atoms with Gasteiger partial charge in [-0.2, -0.15) is 5.10 Å². The molecule has 4 nitrogen and oxygen atoms in total. The molecule has 0 bridgehead atoms. The molecule has 0 N–H and O–H groups in total. The van der Waals surface area contributed by atoms with Crippen molar-refractivity contribution in [2.24, 2.45) is 7.05 Å². The van der Waals surface area contributed by atoms with E-state index in [0.717, 1.165) is 12.1 Å². The highest BCUT2D eigenvalue weighted by Gasteiger charge is 2.04. The molecule has 0 spiro atoms. The Bertz CT molecular complexity index is 294. The number of aryl methyl sites for hydroxylation is 2. The van der Waals surface area contributed by atoms with Gasteiger partial charge in [-0.3, -0.25) is 9.48 Å². The molecule has 0 fully saturated rings. The molecule has 0 saturated heterocycles. The second-order valence-electron chi connectivity index (χ2n) is 3.23. The van der Waals surface area contributed by atoms with Crippen LogP contribution in [-0.4, -0.2) is 29.3 Å². The zero-order valence-electron chi connectivity index (χ0n) is 8.69. The summed E-state index contributed by atoms with van der Waals surface area (Å²) in [6.45, 7) is 0.518. The summed E-state index contributed by atoms with van der Waals surface area (Å²) in [6.07, 6.45) is 3.59. The third-order valence-corrected chi connectivity index (χ3v) is 2.17. The van der Waals surface area contributed by atoms with E-state index in [1.54, 1.807) is 18.0 Å². The van der Waals surface area contributed by atoms with Crippen LogP contribution in [0.3, 0.4) is 0 Å². The molecule has 0 amide bonds. The smallest absolute Gasteiger partial charge is 0.135 e. The predicted octanol–water partition coefficient (Wildman–Crippen LogP) is 0.958. The van der Waals surface area contributed by atoms with E-state index in [4.69, 9.17) is 4.74 Å². The van der Waals surface area contributed by atoms with Gasteiger partial charge in [0.2, 0.25) is 0 Å².